The van der Waals surface area contributed by atoms with Crippen LogP contribution in [0.4, 0.5) is 5.69 Å². The Labute approximate surface area is 193 Å². The molecule has 1 aromatic carbocycles. The van der Waals surface area contributed by atoms with Crippen molar-refractivity contribution in [3.05, 3.63) is 35.0 Å². The summed E-state index contributed by atoms with van der Waals surface area (Å²) in [6.45, 7) is 16.3. The lowest BCUT2D eigenvalue weighted by molar-refractivity contribution is -0.0843. The quantitative estimate of drug-likeness (QED) is 0.457. The lowest BCUT2D eigenvalue weighted by atomic mass is 9.73. The molecule has 0 aromatic heterocycles. The number of aliphatic imine (C=N–C) groups is 2. The predicted octanol–water partition coefficient (Wildman–Crippen LogP) is 3.87. The first-order valence-electron chi connectivity index (χ1n) is 12.1. The summed E-state index contributed by atoms with van der Waals surface area (Å²) in [4.78, 5) is 16.2. The van der Waals surface area contributed by atoms with Gasteiger partial charge in [0, 0.05) is 57.1 Å². The SMILES string of the molecule is CCc1ccc2c(c1)OCC(C)N2CCCN1CC2(CN(/C=N/C(C)=C(C)\C=N/C)C2)C1. The summed E-state index contributed by atoms with van der Waals surface area (Å²) >= 11 is 0. The molecule has 2 fully saturated rings. The molecule has 0 saturated carbocycles. The second-order valence-corrected chi connectivity index (χ2v) is 9.88. The monoisotopic (exact) mass is 437 g/mol. The van der Waals surface area contributed by atoms with E-state index in [2.05, 4.69) is 63.7 Å². The van der Waals surface area contributed by atoms with Crippen molar-refractivity contribution in [2.24, 2.45) is 15.4 Å². The number of ether oxygens (including phenoxy) is 1. The van der Waals surface area contributed by atoms with Crippen LogP contribution in [0.3, 0.4) is 0 Å². The Hall–Kier alpha value is -2.34. The number of nitrogens with zero attached hydrogens (tertiary/aromatic N) is 5. The number of aryl methyl sites for hydroxylation is 1. The van der Waals surface area contributed by atoms with E-state index >= 15 is 0 Å². The summed E-state index contributed by atoms with van der Waals surface area (Å²) in [5, 5.41) is 0. The minimum Gasteiger partial charge on any atom is -0.489 e. The van der Waals surface area contributed by atoms with Crippen molar-refractivity contribution in [3.8, 4) is 5.75 Å². The Morgan fingerprint density at radius 2 is 1.97 bits per heavy atom. The maximum Gasteiger partial charge on any atom is 0.142 e. The fourth-order valence-corrected chi connectivity index (χ4v) is 5.19. The van der Waals surface area contributed by atoms with Crippen LogP contribution in [-0.2, 0) is 6.42 Å². The first-order chi connectivity index (χ1) is 15.4. The van der Waals surface area contributed by atoms with Crippen LogP contribution in [0.2, 0.25) is 0 Å². The van der Waals surface area contributed by atoms with Crippen molar-refractivity contribution < 1.29 is 4.74 Å². The van der Waals surface area contributed by atoms with Crippen LogP contribution in [0.1, 0.15) is 39.7 Å². The van der Waals surface area contributed by atoms with Gasteiger partial charge in [-0.05, 0) is 63.4 Å². The van der Waals surface area contributed by atoms with Gasteiger partial charge in [-0.1, -0.05) is 13.0 Å². The largest absolute Gasteiger partial charge is 0.489 e. The average molecular weight is 438 g/mol. The fourth-order valence-electron chi connectivity index (χ4n) is 5.19. The second-order valence-electron chi connectivity index (χ2n) is 9.88. The smallest absolute Gasteiger partial charge is 0.142 e. The average Bonchev–Trinajstić information content (AvgIpc) is 2.74. The van der Waals surface area contributed by atoms with E-state index in [1.165, 1.54) is 37.3 Å². The minimum atomic E-state index is 0.432. The maximum absolute atomic E-state index is 6.01. The van der Waals surface area contributed by atoms with Crippen molar-refractivity contribution in [2.75, 3.05) is 57.8 Å². The van der Waals surface area contributed by atoms with E-state index in [1.54, 1.807) is 7.05 Å². The van der Waals surface area contributed by atoms with Crippen molar-refractivity contribution in [1.82, 2.24) is 9.80 Å². The minimum absolute atomic E-state index is 0.432. The maximum atomic E-state index is 6.01. The highest BCUT2D eigenvalue weighted by Gasteiger charge is 2.50. The number of likely N-dealkylation sites (tertiary alicyclic amines) is 2. The van der Waals surface area contributed by atoms with Crippen LogP contribution < -0.4 is 9.64 Å². The van der Waals surface area contributed by atoms with Gasteiger partial charge in [-0.15, -0.1) is 0 Å². The molecular formula is C26H39N5O. The molecule has 174 valence electrons. The van der Waals surface area contributed by atoms with Crippen LogP contribution in [-0.4, -0.2) is 81.3 Å². The van der Waals surface area contributed by atoms with Gasteiger partial charge < -0.3 is 19.4 Å². The molecule has 3 heterocycles. The number of rotatable bonds is 8. The van der Waals surface area contributed by atoms with E-state index < -0.39 is 0 Å². The van der Waals surface area contributed by atoms with E-state index in [4.69, 9.17) is 4.74 Å². The van der Waals surface area contributed by atoms with Crippen molar-refractivity contribution in [1.29, 1.82) is 0 Å². The Morgan fingerprint density at radius 1 is 1.19 bits per heavy atom. The van der Waals surface area contributed by atoms with Gasteiger partial charge in [0.1, 0.15) is 12.4 Å². The molecule has 2 saturated heterocycles. The molecule has 1 unspecified atom stereocenters. The van der Waals surface area contributed by atoms with Crippen molar-refractivity contribution in [3.63, 3.8) is 0 Å². The third-order valence-electron chi connectivity index (χ3n) is 7.13. The summed E-state index contributed by atoms with van der Waals surface area (Å²) < 4.78 is 6.01. The zero-order valence-electron chi connectivity index (χ0n) is 20.5. The first-order valence-corrected chi connectivity index (χ1v) is 12.1. The van der Waals surface area contributed by atoms with Crippen molar-refractivity contribution in [2.45, 2.75) is 46.6 Å². The van der Waals surface area contributed by atoms with E-state index in [1.807, 2.05) is 19.5 Å². The number of hydrogen-bond acceptors (Lipinski definition) is 5. The summed E-state index contributed by atoms with van der Waals surface area (Å²) in [6, 6.07) is 7.14. The number of hydrogen-bond donors (Lipinski definition) is 0. The molecule has 0 bridgehead atoms. The molecule has 3 aliphatic rings. The van der Waals surface area contributed by atoms with E-state index in [0.717, 1.165) is 49.7 Å². The van der Waals surface area contributed by atoms with E-state index in [0.29, 0.717) is 11.5 Å². The highest BCUT2D eigenvalue weighted by atomic mass is 16.5. The molecule has 0 N–H and O–H groups in total. The molecule has 0 amide bonds. The van der Waals surface area contributed by atoms with Crippen LogP contribution >= 0.6 is 0 Å². The Balaban J connectivity index is 1.20. The number of anilines is 1. The van der Waals surface area contributed by atoms with Gasteiger partial charge in [-0.3, -0.25) is 4.99 Å². The van der Waals surface area contributed by atoms with E-state index in [9.17, 15) is 0 Å². The zero-order valence-corrected chi connectivity index (χ0v) is 20.5. The molecule has 0 radical (unpaired) electrons. The first kappa shape index (κ1) is 22.8. The topological polar surface area (TPSA) is 43.7 Å². The predicted molar refractivity (Wildman–Crippen MR) is 134 cm³/mol. The second kappa shape index (κ2) is 9.65. The summed E-state index contributed by atoms with van der Waals surface area (Å²) in [7, 11) is 1.80. The Bertz CT molecular complexity index is 891. The molecule has 1 aromatic rings. The normalized spacial score (nSPS) is 23.2. The highest BCUT2D eigenvalue weighted by molar-refractivity contribution is 5.79. The molecule has 32 heavy (non-hydrogen) atoms. The molecule has 0 aliphatic carbocycles. The number of allylic oxidation sites excluding steroid dienone is 2. The summed E-state index contributed by atoms with van der Waals surface area (Å²) in [6.07, 6.45) is 6.13. The van der Waals surface area contributed by atoms with Crippen LogP contribution in [0.25, 0.3) is 0 Å². The van der Waals surface area contributed by atoms with Crippen LogP contribution in [0.5, 0.6) is 5.75 Å². The Kier molecular flexibility index (Phi) is 6.89. The van der Waals surface area contributed by atoms with Gasteiger partial charge in [0.25, 0.3) is 0 Å². The molecule has 6 heteroatoms. The summed E-state index contributed by atoms with van der Waals surface area (Å²) in [5.41, 5.74) is 5.27. The van der Waals surface area contributed by atoms with Gasteiger partial charge in [-0.25, -0.2) is 4.99 Å². The Morgan fingerprint density at radius 3 is 2.69 bits per heavy atom. The van der Waals surface area contributed by atoms with Gasteiger partial charge in [0.2, 0.25) is 0 Å². The fraction of sp³-hybridized carbons (Fsp3) is 0.615. The third-order valence-corrected chi connectivity index (χ3v) is 7.13. The lowest BCUT2D eigenvalue weighted by Gasteiger charge is -2.60. The highest BCUT2D eigenvalue weighted by Crippen LogP contribution is 2.39. The van der Waals surface area contributed by atoms with Gasteiger partial charge in [0.15, 0.2) is 0 Å². The van der Waals surface area contributed by atoms with E-state index in [-0.39, 0.29) is 0 Å². The standard InChI is InChI=1S/C26H39N5O/c1-6-23-8-9-24-25(12-23)32-14-21(3)31(24)11-7-10-29-15-26(16-29)17-30(18-26)19-28-22(4)20(2)13-27-5/h8-9,12-13,19,21H,6-7,10-11,14-18H2,1-5H3/b22-20-,27-13-,28-19+. The molecule has 4 rings (SSSR count). The van der Waals surface area contributed by atoms with Gasteiger partial charge in [-0.2, -0.15) is 0 Å². The molecule has 1 spiro atoms. The van der Waals surface area contributed by atoms with Crippen molar-refractivity contribution >= 4 is 18.2 Å². The number of fused-ring (bicyclic) bond motifs is 1. The molecular weight excluding hydrogens is 398 g/mol. The molecule has 3 aliphatic heterocycles. The van der Waals surface area contributed by atoms with Gasteiger partial charge in [0.05, 0.1) is 18.1 Å². The lowest BCUT2D eigenvalue weighted by Crippen LogP contribution is -2.71. The number of benzene rings is 1. The van der Waals surface area contributed by atoms with Gasteiger partial charge >= 0.3 is 0 Å². The van der Waals surface area contributed by atoms with Crippen LogP contribution in [0.15, 0.2) is 39.5 Å². The zero-order chi connectivity index (χ0) is 22.7. The summed E-state index contributed by atoms with van der Waals surface area (Å²) in [5.74, 6) is 1.06. The molecule has 6 nitrogen and oxygen atoms in total. The molecule has 1 atom stereocenters. The van der Waals surface area contributed by atoms with Crippen LogP contribution in [0, 0.1) is 5.41 Å². The third kappa shape index (κ3) is 4.85.